The molecule has 0 aliphatic carbocycles. The third-order valence-corrected chi connectivity index (χ3v) is 3.58. The minimum atomic E-state index is -0.879. The van der Waals surface area contributed by atoms with Crippen molar-refractivity contribution in [2.75, 3.05) is 5.32 Å². The number of hydrogen-bond acceptors (Lipinski definition) is 2. The number of carboxylic acids is 1. The Kier molecular flexibility index (Phi) is 4.99. The predicted octanol–water partition coefficient (Wildman–Crippen LogP) is 4.13. The van der Waals surface area contributed by atoms with Crippen LogP contribution < -0.4 is 5.32 Å². The van der Waals surface area contributed by atoms with Crippen LogP contribution in [-0.4, -0.2) is 17.1 Å². The quantitative estimate of drug-likeness (QED) is 0.838. The van der Waals surface area contributed by atoms with Crippen LogP contribution in [0.4, 0.5) is 5.69 Å². The summed E-state index contributed by atoms with van der Waals surface area (Å²) in [4.78, 5) is 11.0. The van der Waals surface area contributed by atoms with E-state index < -0.39 is 5.97 Å². The number of carboxylic acid groups (broad SMARTS) is 1. The van der Waals surface area contributed by atoms with Gasteiger partial charge >= 0.3 is 5.97 Å². The Morgan fingerprint density at radius 3 is 2.52 bits per heavy atom. The molecule has 21 heavy (non-hydrogen) atoms. The summed E-state index contributed by atoms with van der Waals surface area (Å²) in [5, 5.41) is 12.5. The molecule has 0 heterocycles. The summed E-state index contributed by atoms with van der Waals surface area (Å²) in [5.74, 6) is -0.879. The second-order valence-corrected chi connectivity index (χ2v) is 5.40. The lowest BCUT2D eigenvalue weighted by molar-refractivity contribution is 0.0696. The minimum absolute atomic E-state index is 0.334. The van der Waals surface area contributed by atoms with Crippen LogP contribution in [0.15, 0.2) is 48.5 Å². The first-order valence-electron chi connectivity index (χ1n) is 7.20. The van der Waals surface area contributed by atoms with E-state index in [2.05, 4.69) is 36.5 Å². The molecule has 3 heteroatoms. The SMILES string of the molecule is Cc1cc(NC(C)CCc2ccccc2)ccc1C(=O)O. The van der Waals surface area contributed by atoms with Gasteiger partial charge in [0.25, 0.3) is 0 Å². The summed E-state index contributed by atoms with van der Waals surface area (Å²) in [7, 11) is 0. The Hall–Kier alpha value is -2.29. The van der Waals surface area contributed by atoms with E-state index in [4.69, 9.17) is 5.11 Å². The molecule has 0 spiro atoms. The van der Waals surface area contributed by atoms with Crippen molar-refractivity contribution in [3.8, 4) is 0 Å². The van der Waals surface area contributed by atoms with Gasteiger partial charge < -0.3 is 10.4 Å². The molecule has 2 aromatic rings. The van der Waals surface area contributed by atoms with Crippen LogP contribution in [0.5, 0.6) is 0 Å². The third kappa shape index (κ3) is 4.35. The molecule has 2 N–H and O–H groups in total. The highest BCUT2D eigenvalue weighted by Gasteiger charge is 2.08. The number of benzene rings is 2. The molecule has 2 rings (SSSR count). The van der Waals surface area contributed by atoms with Crippen molar-refractivity contribution in [2.45, 2.75) is 32.7 Å². The molecule has 0 saturated heterocycles. The second kappa shape index (κ2) is 6.93. The molecule has 0 amide bonds. The first-order valence-corrected chi connectivity index (χ1v) is 7.20. The summed E-state index contributed by atoms with van der Waals surface area (Å²) >= 11 is 0. The largest absolute Gasteiger partial charge is 0.478 e. The maximum Gasteiger partial charge on any atom is 0.335 e. The van der Waals surface area contributed by atoms with Crippen LogP contribution >= 0.6 is 0 Å². The first-order chi connectivity index (χ1) is 10.1. The normalized spacial score (nSPS) is 11.9. The van der Waals surface area contributed by atoms with Crippen LogP contribution in [0, 0.1) is 6.92 Å². The summed E-state index contributed by atoms with van der Waals surface area (Å²) < 4.78 is 0. The third-order valence-electron chi connectivity index (χ3n) is 3.58. The summed E-state index contributed by atoms with van der Waals surface area (Å²) in [6, 6.07) is 16.1. The Balaban J connectivity index is 1.92. The number of hydrogen-bond donors (Lipinski definition) is 2. The van der Waals surface area contributed by atoms with E-state index in [9.17, 15) is 4.79 Å². The van der Waals surface area contributed by atoms with E-state index in [1.807, 2.05) is 25.1 Å². The molecule has 0 aliphatic heterocycles. The van der Waals surface area contributed by atoms with Crippen LogP contribution in [-0.2, 0) is 6.42 Å². The Morgan fingerprint density at radius 2 is 1.90 bits per heavy atom. The van der Waals surface area contributed by atoms with E-state index in [0.717, 1.165) is 24.1 Å². The van der Waals surface area contributed by atoms with Gasteiger partial charge in [-0.15, -0.1) is 0 Å². The topological polar surface area (TPSA) is 49.3 Å². The van der Waals surface area contributed by atoms with Gasteiger partial charge in [0, 0.05) is 11.7 Å². The molecule has 110 valence electrons. The van der Waals surface area contributed by atoms with Crippen LogP contribution in [0.25, 0.3) is 0 Å². The van der Waals surface area contributed by atoms with Gasteiger partial charge in [-0.2, -0.15) is 0 Å². The molecule has 0 radical (unpaired) electrons. The van der Waals surface area contributed by atoms with Gasteiger partial charge in [-0.1, -0.05) is 30.3 Å². The average molecular weight is 283 g/mol. The van der Waals surface area contributed by atoms with E-state index in [1.165, 1.54) is 5.56 Å². The molecule has 0 aliphatic rings. The average Bonchev–Trinajstić information content (AvgIpc) is 2.46. The van der Waals surface area contributed by atoms with E-state index in [0.29, 0.717) is 11.6 Å². The number of aromatic carboxylic acids is 1. The first kappa shape index (κ1) is 15.1. The molecule has 1 atom stereocenters. The summed E-state index contributed by atoms with van der Waals surface area (Å²) in [6.45, 7) is 3.96. The standard InChI is InChI=1S/C18H21NO2/c1-13-12-16(10-11-17(13)18(20)21)19-14(2)8-9-15-6-4-3-5-7-15/h3-7,10-12,14,19H,8-9H2,1-2H3,(H,20,21). The number of nitrogens with one attached hydrogen (secondary N) is 1. The monoisotopic (exact) mass is 283 g/mol. The Bertz CT molecular complexity index is 608. The van der Waals surface area contributed by atoms with Crippen molar-refractivity contribution >= 4 is 11.7 Å². The zero-order valence-corrected chi connectivity index (χ0v) is 12.5. The Labute approximate surface area is 125 Å². The van der Waals surface area contributed by atoms with Gasteiger partial charge in [-0.05, 0) is 56.0 Å². The minimum Gasteiger partial charge on any atom is -0.478 e. The summed E-state index contributed by atoms with van der Waals surface area (Å²) in [5.41, 5.74) is 3.45. The summed E-state index contributed by atoms with van der Waals surface area (Å²) in [6.07, 6.45) is 2.06. The van der Waals surface area contributed by atoms with Gasteiger partial charge in [0.05, 0.1) is 5.56 Å². The number of aryl methyl sites for hydroxylation is 2. The number of rotatable bonds is 6. The molecule has 1 unspecified atom stereocenters. The number of carbonyl (C=O) groups is 1. The van der Waals surface area contributed by atoms with E-state index in [-0.39, 0.29) is 0 Å². The predicted molar refractivity (Wildman–Crippen MR) is 86.0 cm³/mol. The molecule has 0 bridgehead atoms. The molecule has 3 nitrogen and oxygen atoms in total. The smallest absolute Gasteiger partial charge is 0.335 e. The molecule has 2 aromatic carbocycles. The highest BCUT2D eigenvalue weighted by Crippen LogP contribution is 2.17. The van der Waals surface area contributed by atoms with E-state index in [1.54, 1.807) is 6.07 Å². The fourth-order valence-electron chi connectivity index (χ4n) is 2.38. The van der Waals surface area contributed by atoms with Crippen molar-refractivity contribution in [3.63, 3.8) is 0 Å². The lowest BCUT2D eigenvalue weighted by Crippen LogP contribution is -2.16. The van der Waals surface area contributed by atoms with Crippen molar-refractivity contribution < 1.29 is 9.90 Å². The van der Waals surface area contributed by atoms with Crippen LogP contribution in [0.1, 0.15) is 34.8 Å². The van der Waals surface area contributed by atoms with Gasteiger partial charge in [-0.3, -0.25) is 0 Å². The highest BCUT2D eigenvalue weighted by atomic mass is 16.4. The highest BCUT2D eigenvalue weighted by molar-refractivity contribution is 5.89. The van der Waals surface area contributed by atoms with Crippen molar-refractivity contribution in [2.24, 2.45) is 0 Å². The maximum atomic E-state index is 11.0. The van der Waals surface area contributed by atoms with Crippen LogP contribution in [0.3, 0.4) is 0 Å². The molecular formula is C18H21NO2. The van der Waals surface area contributed by atoms with Gasteiger partial charge in [0.1, 0.15) is 0 Å². The van der Waals surface area contributed by atoms with Gasteiger partial charge in [0.2, 0.25) is 0 Å². The maximum absolute atomic E-state index is 11.0. The van der Waals surface area contributed by atoms with Gasteiger partial charge in [-0.25, -0.2) is 4.79 Å². The van der Waals surface area contributed by atoms with Gasteiger partial charge in [0.15, 0.2) is 0 Å². The molecule has 0 saturated carbocycles. The van der Waals surface area contributed by atoms with Crippen LogP contribution in [0.2, 0.25) is 0 Å². The lowest BCUT2D eigenvalue weighted by atomic mass is 10.0. The van der Waals surface area contributed by atoms with E-state index >= 15 is 0 Å². The number of anilines is 1. The Morgan fingerprint density at radius 1 is 1.19 bits per heavy atom. The van der Waals surface area contributed by atoms with Crippen molar-refractivity contribution in [1.82, 2.24) is 0 Å². The molecule has 0 fully saturated rings. The zero-order chi connectivity index (χ0) is 15.2. The molecular weight excluding hydrogens is 262 g/mol. The lowest BCUT2D eigenvalue weighted by Gasteiger charge is -2.16. The fourth-order valence-corrected chi connectivity index (χ4v) is 2.38. The van der Waals surface area contributed by atoms with Crippen molar-refractivity contribution in [1.29, 1.82) is 0 Å². The zero-order valence-electron chi connectivity index (χ0n) is 12.5. The second-order valence-electron chi connectivity index (χ2n) is 5.40. The molecule has 0 aromatic heterocycles. The fraction of sp³-hybridized carbons (Fsp3) is 0.278. The van der Waals surface area contributed by atoms with Crippen molar-refractivity contribution in [3.05, 3.63) is 65.2 Å².